The van der Waals surface area contributed by atoms with E-state index in [2.05, 4.69) is 15.0 Å². The number of hydrogen-bond donors (Lipinski definition) is 2. The molecule has 0 aliphatic heterocycles. The molecule has 0 spiro atoms. The van der Waals surface area contributed by atoms with E-state index in [1.165, 1.54) is 23.7 Å². The quantitative estimate of drug-likeness (QED) is 0.685. The number of amides is 1. The lowest BCUT2D eigenvalue weighted by Gasteiger charge is -2.16. The number of aromatic amines is 1. The SMILES string of the molecule is CCN(CC)S(=O)(=O)c1c[nH]c(C(=O)NCC(=O)OC)c1. The van der Waals surface area contributed by atoms with Crippen molar-refractivity contribution in [2.45, 2.75) is 18.7 Å². The Balaban J connectivity index is 2.86. The smallest absolute Gasteiger partial charge is 0.325 e. The van der Waals surface area contributed by atoms with E-state index >= 15 is 0 Å². The van der Waals surface area contributed by atoms with E-state index in [9.17, 15) is 18.0 Å². The second-order valence-corrected chi connectivity index (χ2v) is 6.04. The van der Waals surface area contributed by atoms with E-state index in [-0.39, 0.29) is 17.1 Å². The summed E-state index contributed by atoms with van der Waals surface area (Å²) in [5.41, 5.74) is 0.0598. The van der Waals surface area contributed by atoms with Crippen molar-refractivity contribution in [2.24, 2.45) is 0 Å². The van der Waals surface area contributed by atoms with Crippen LogP contribution >= 0.6 is 0 Å². The fourth-order valence-corrected chi connectivity index (χ4v) is 3.14. The number of sulfonamides is 1. The lowest BCUT2D eigenvalue weighted by molar-refractivity contribution is -0.139. The highest BCUT2D eigenvalue weighted by molar-refractivity contribution is 7.89. The molecule has 1 rings (SSSR count). The minimum absolute atomic E-state index is 0.00872. The number of nitrogens with one attached hydrogen (secondary N) is 2. The number of H-pyrrole nitrogens is 1. The van der Waals surface area contributed by atoms with E-state index in [1.807, 2.05) is 0 Å². The Bertz CT molecular complexity index is 604. The molecule has 0 radical (unpaired) electrons. The number of methoxy groups -OCH3 is 1. The van der Waals surface area contributed by atoms with Gasteiger partial charge in [0.25, 0.3) is 5.91 Å². The fraction of sp³-hybridized carbons (Fsp3) is 0.500. The molecule has 21 heavy (non-hydrogen) atoms. The highest BCUT2D eigenvalue weighted by atomic mass is 32.2. The molecule has 0 aromatic carbocycles. The third kappa shape index (κ3) is 4.05. The van der Waals surface area contributed by atoms with Crippen molar-refractivity contribution in [1.29, 1.82) is 0 Å². The van der Waals surface area contributed by atoms with Gasteiger partial charge in [0.15, 0.2) is 0 Å². The maximum absolute atomic E-state index is 12.2. The molecule has 0 fully saturated rings. The second-order valence-electron chi connectivity index (χ2n) is 4.10. The van der Waals surface area contributed by atoms with Gasteiger partial charge in [-0.2, -0.15) is 4.31 Å². The Labute approximate surface area is 123 Å². The van der Waals surface area contributed by atoms with E-state index in [0.29, 0.717) is 13.1 Å². The number of carbonyl (C=O) groups is 2. The van der Waals surface area contributed by atoms with Gasteiger partial charge >= 0.3 is 5.97 Å². The summed E-state index contributed by atoms with van der Waals surface area (Å²) in [7, 11) is -2.41. The van der Waals surface area contributed by atoms with Crippen LogP contribution in [0.4, 0.5) is 0 Å². The highest BCUT2D eigenvalue weighted by Crippen LogP contribution is 2.16. The average molecular weight is 317 g/mol. The first-order valence-electron chi connectivity index (χ1n) is 6.40. The molecule has 1 heterocycles. The zero-order valence-electron chi connectivity index (χ0n) is 12.2. The van der Waals surface area contributed by atoms with E-state index < -0.39 is 21.9 Å². The molecular formula is C12H19N3O5S. The summed E-state index contributed by atoms with van der Waals surface area (Å²) < 4.78 is 30.2. The highest BCUT2D eigenvalue weighted by Gasteiger charge is 2.24. The molecule has 118 valence electrons. The third-order valence-corrected chi connectivity index (χ3v) is 4.89. The van der Waals surface area contributed by atoms with Gasteiger partial charge in [0.1, 0.15) is 17.1 Å². The Kier molecular flexibility index (Phi) is 5.91. The van der Waals surface area contributed by atoms with Crippen molar-refractivity contribution in [3.8, 4) is 0 Å². The molecule has 1 aromatic rings. The molecule has 8 nitrogen and oxygen atoms in total. The van der Waals surface area contributed by atoms with E-state index in [0.717, 1.165) is 0 Å². The summed E-state index contributed by atoms with van der Waals surface area (Å²) in [6.45, 7) is 3.86. The Morgan fingerprint density at radius 3 is 2.48 bits per heavy atom. The van der Waals surface area contributed by atoms with Crippen molar-refractivity contribution in [1.82, 2.24) is 14.6 Å². The first-order chi connectivity index (χ1) is 9.86. The number of rotatable bonds is 7. The maximum atomic E-state index is 12.2. The van der Waals surface area contributed by atoms with Gasteiger partial charge in [-0.1, -0.05) is 13.8 Å². The number of aromatic nitrogens is 1. The molecule has 0 aliphatic rings. The normalized spacial score (nSPS) is 11.4. The van der Waals surface area contributed by atoms with Gasteiger partial charge in [0, 0.05) is 19.3 Å². The van der Waals surface area contributed by atoms with Crippen LogP contribution in [0.15, 0.2) is 17.2 Å². The largest absolute Gasteiger partial charge is 0.468 e. The van der Waals surface area contributed by atoms with Crippen molar-refractivity contribution in [3.05, 3.63) is 18.0 Å². The Morgan fingerprint density at radius 1 is 1.33 bits per heavy atom. The van der Waals surface area contributed by atoms with Gasteiger partial charge in [0.05, 0.1) is 7.11 Å². The molecule has 0 unspecified atom stereocenters. The van der Waals surface area contributed by atoms with Gasteiger partial charge in [0.2, 0.25) is 10.0 Å². The van der Waals surface area contributed by atoms with Crippen LogP contribution < -0.4 is 5.32 Å². The summed E-state index contributed by atoms with van der Waals surface area (Å²) in [4.78, 5) is 25.3. The van der Waals surface area contributed by atoms with Gasteiger partial charge in [-0.25, -0.2) is 8.42 Å². The predicted molar refractivity (Wildman–Crippen MR) is 75.2 cm³/mol. The maximum Gasteiger partial charge on any atom is 0.325 e. The van der Waals surface area contributed by atoms with Crippen LogP contribution in [0.25, 0.3) is 0 Å². The van der Waals surface area contributed by atoms with Crippen LogP contribution in [0.2, 0.25) is 0 Å². The summed E-state index contributed by atoms with van der Waals surface area (Å²) in [5, 5.41) is 2.32. The number of ether oxygens (including phenoxy) is 1. The average Bonchev–Trinajstić information content (AvgIpc) is 2.96. The molecule has 0 bridgehead atoms. The fourth-order valence-electron chi connectivity index (χ4n) is 1.69. The van der Waals surface area contributed by atoms with Gasteiger partial charge in [-0.3, -0.25) is 9.59 Å². The molecule has 0 saturated carbocycles. The lowest BCUT2D eigenvalue weighted by Crippen LogP contribution is -2.31. The summed E-state index contributed by atoms with van der Waals surface area (Å²) in [6.07, 6.45) is 1.25. The molecule has 0 atom stereocenters. The molecule has 1 amide bonds. The van der Waals surface area contributed by atoms with Crippen molar-refractivity contribution < 1.29 is 22.7 Å². The summed E-state index contributed by atoms with van der Waals surface area (Å²) in [6, 6.07) is 1.24. The number of carbonyl (C=O) groups excluding carboxylic acids is 2. The number of nitrogens with zero attached hydrogens (tertiary/aromatic N) is 1. The minimum Gasteiger partial charge on any atom is -0.468 e. The van der Waals surface area contributed by atoms with Crippen LogP contribution in [0.1, 0.15) is 24.3 Å². The first kappa shape index (κ1) is 17.2. The standard InChI is InChI=1S/C12H19N3O5S/c1-4-15(5-2)21(18,19)9-6-10(13-7-9)12(17)14-8-11(16)20-3/h6-7,13H,4-5,8H2,1-3H3,(H,14,17). The van der Waals surface area contributed by atoms with Crippen LogP contribution in [-0.2, 0) is 19.6 Å². The molecule has 9 heteroatoms. The van der Waals surface area contributed by atoms with E-state index in [1.54, 1.807) is 13.8 Å². The van der Waals surface area contributed by atoms with Crippen molar-refractivity contribution in [3.63, 3.8) is 0 Å². The summed E-state index contributed by atoms with van der Waals surface area (Å²) in [5.74, 6) is -1.17. The number of hydrogen-bond acceptors (Lipinski definition) is 5. The van der Waals surface area contributed by atoms with Gasteiger partial charge in [-0.15, -0.1) is 0 Å². The molecule has 0 aliphatic carbocycles. The van der Waals surface area contributed by atoms with E-state index in [4.69, 9.17) is 0 Å². The van der Waals surface area contributed by atoms with Gasteiger partial charge < -0.3 is 15.0 Å². The Morgan fingerprint density at radius 2 is 1.95 bits per heavy atom. The second kappa shape index (κ2) is 7.23. The van der Waals surface area contributed by atoms with Crippen molar-refractivity contribution >= 4 is 21.9 Å². The van der Waals surface area contributed by atoms with Gasteiger partial charge in [-0.05, 0) is 6.07 Å². The zero-order chi connectivity index (χ0) is 16.0. The molecule has 2 N–H and O–H groups in total. The molecule has 0 saturated heterocycles. The van der Waals surface area contributed by atoms with Crippen LogP contribution in [0, 0.1) is 0 Å². The summed E-state index contributed by atoms with van der Waals surface area (Å²) >= 11 is 0. The molecular weight excluding hydrogens is 298 g/mol. The monoisotopic (exact) mass is 317 g/mol. The Hall–Kier alpha value is -1.87. The minimum atomic E-state index is -3.62. The third-order valence-electron chi connectivity index (χ3n) is 2.87. The lowest BCUT2D eigenvalue weighted by atomic mass is 10.4. The first-order valence-corrected chi connectivity index (χ1v) is 7.84. The topological polar surface area (TPSA) is 109 Å². The predicted octanol–water partition coefficient (Wildman–Crippen LogP) is -0.0520. The van der Waals surface area contributed by atoms with Crippen LogP contribution in [0.3, 0.4) is 0 Å². The molecule has 1 aromatic heterocycles. The van der Waals surface area contributed by atoms with Crippen molar-refractivity contribution in [2.75, 3.05) is 26.7 Å². The number of esters is 1. The van der Waals surface area contributed by atoms with Crippen LogP contribution in [0.5, 0.6) is 0 Å². The van der Waals surface area contributed by atoms with Crippen LogP contribution in [-0.4, -0.2) is 56.3 Å². The zero-order valence-corrected chi connectivity index (χ0v) is 13.0.